The van der Waals surface area contributed by atoms with Gasteiger partial charge in [-0.2, -0.15) is 9.97 Å². The Morgan fingerprint density at radius 3 is 1.61 bits per heavy atom. The van der Waals surface area contributed by atoms with Crippen LogP contribution in [0.4, 0.5) is 32.7 Å². The fourth-order valence-corrected chi connectivity index (χ4v) is 9.26. The summed E-state index contributed by atoms with van der Waals surface area (Å²) in [5, 5.41) is 0. The first-order valence-corrected chi connectivity index (χ1v) is 25.3. The molecule has 2 aromatic heterocycles. The lowest BCUT2D eigenvalue weighted by atomic mass is 10.1. The van der Waals surface area contributed by atoms with Crippen molar-refractivity contribution in [3.63, 3.8) is 0 Å². The normalized spacial score (nSPS) is 16.9. The average molecular weight is 921 g/mol. The number of carbonyl (C=O) groups excluding carboxylic acids is 2. The van der Waals surface area contributed by atoms with Gasteiger partial charge in [-0.05, 0) is 94.1 Å². The summed E-state index contributed by atoms with van der Waals surface area (Å²) in [4.78, 5) is 50.0. The van der Waals surface area contributed by atoms with Crippen LogP contribution in [0, 0.1) is 0 Å². The summed E-state index contributed by atoms with van der Waals surface area (Å²) in [5.41, 5.74) is 3.80. The second-order valence-electron chi connectivity index (χ2n) is 16.8. The number of ether oxygens (including phenoxy) is 4. The van der Waals surface area contributed by atoms with Gasteiger partial charge in [0.15, 0.2) is 19.7 Å². The molecule has 0 spiro atoms. The topological polar surface area (TPSA) is 204 Å². The molecule has 0 N–H and O–H groups in total. The maximum absolute atomic E-state index is 12.0. The molecule has 4 aliphatic heterocycles. The molecule has 20 heteroatoms. The van der Waals surface area contributed by atoms with Crippen LogP contribution in [0.15, 0.2) is 70.7 Å². The molecule has 0 radical (unpaired) electrons. The highest BCUT2D eigenvalue weighted by Crippen LogP contribution is 2.37. The first-order valence-electron chi connectivity index (χ1n) is 21.5. The van der Waals surface area contributed by atoms with E-state index in [1.54, 1.807) is 52.5 Å². The third-order valence-corrected chi connectivity index (χ3v) is 13.4. The Kier molecular flexibility index (Phi) is 14.1. The third-order valence-electron chi connectivity index (χ3n) is 11.1. The van der Waals surface area contributed by atoms with Gasteiger partial charge < -0.3 is 38.5 Å². The van der Waals surface area contributed by atoms with Crippen molar-refractivity contribution in [2.45, 2.75) is 100 Å². The van der Waals surface area contributed by atoms with Crippen molar-refractivity contribution >= 4 is 55.0 Å². The zero-order chi connectivity index (χ0) is 45.8. The molecule has 6 heterocycles. The van der Waals surface area contributed by atoms with E-state index < -0.39 is 19.7 Å². The number of fused-ring (bicyclic) bond motifs is 2. The van der Waals surface area contributed by atoms with Crippen LogP contribution in [0.3, 0.4) is 0 Å². The lowest BCUT2D eigenvalue weighted by Gasteiger charge is -2.31. The Morgan fingerprint density at radius 1 is 0.609 bits per heavy atom. The van der Waals surface area contributed by atoms with Gasteiger partial charge in [0.25, 0.3) is 0 Å². The number of nitrogens with zero attached hydrogens (tertiary/aromatic N) is 8. The molecule has 2 amide bonds. The summed E-state index contributed by atoms with van der Waals surface area (Å²) in [6.07, 6.45) is 9.03. The minimum atomic E-state index is -3.25. The second-order valence-corrected chi connectivity index (χ2v) is 20.8. The first-order chi connectivity index (χ1) is 30.4. The van der Waals surface area contributed by atoms with Crippen molar-refractivity contribution in [1.29, 1.82) is 0 Å². The molecule has 8 rings (SSSR count). The molecule has 344 valence electrons. The van der Waals surface area contributed by atoms with Crippen LogP contribution in [0.1, 0.15) is 64.5 Å². The number of hydrogen-bond donors (Lipinski definition) is 0. The molecular formula is C44H56N8O10S2. The van der Waals surface area contributed by atoms with E-state index in [0.29, 0.717) is 98.4 Å². The summed E-state index contributed by atoms with van der Waals surface area (Å²) >= 11 is 0. The van der Waals surface area contributed by atoms with E-state index in [1.165, 1.54) is 12.5 Å². The molecule has 0 aliphatic carbocycles. The molecule has 2 fully saturated rings. The molecule has 0 bridgehead atoms. The van der Waals surface area contributed by atoms with E-state index >= 15 is 0 Å². The number of carbonyl (C=O) groups is 2. The SMILES string of the molecule is CC(C)OC(=O)N1CCC(Oc2ccnc(N3CCc4cc(S(C)(=O)=O)ccc43)n2)CC1.CC(C)OC(=O)N1CCC(Oc2nccc(N3CCc4cc(S(C)(=O)=O)ccc43)n2)CC1. The van der Waals surface area contributed by atoms with E-state index in [9.17, 15) is 26.4 Å². The van der Waals surface area contributed by atoms with E-state index in [0.717, 1.165) is 35.3 Å². The van der Waals surface area contributed by atoms with Gasteiger partial charge in [0.05, 0.1) is 22.0 Å². The monoisotopic (exact) mass is 920 g/mol. The van der Waals surface area contributed by atoms with Crippen LogP contribution in [-0.2, 0) is 42.0 Å². The molecule has 0 atom stereocenters. The Morgan fingerprint density at radius 2 is 1.09 bits per heavy atom. The number of anilines is 4. The average Bonchev–Trinajstić information content (AvgIpc) is 3.88. The van der Waals surface area contributed by atoms with Gasteiger partial charge in [-0.1, -0.05) is 0 Å². The Labute approximate surface area is 374 Å². The number of piperidine rings is 2. The van der Waals surface area contributed by atoms with Gasteiger partial charge in [-0.25, -0.2) is 36.4 Å². The molecule has 2 aromatic carbocycles. The smallest absolute Gasteiger partial charge is 0.410 e. The predicted molar refractivity (Wildman–Crippen MR) is 238 cm³/mol. The number of sulfone groups is 2. The van der Waals surface area contributed by atoms with Gasteiger partial charge in [0, 0.05) is 107 Å². The number of aromatic nitrogens is 4. The van der Waals surface area contributed by atoms with Crippen molar-refractivity contribution in [2.24, 2.45) is 0 Å². The van der Waals surface area contributed by atoms with Gasteiger partial charge in [-0.3, -0.25) is 0 Å². The fourth-order valence-electron chi connectivity index (χ4n) is 7.91. The summed E-state index contributed by atoms with van der Waals surface area (Å²) in [6.45, 7) is 11.0. The van der Waals surface area contributed by atoms with Crippen molar-refractivity contribution in [2.75, 3.05) is 61.6 Å². The van der Waals surface area contributed by atoms with Crippen LogP contribution in [0.5, 0.6) is 11.9 Å². The molecular weight excluding hydrogens is 865 g/mol. The zero-order valence-corrected chi connectivity index (χ0v) is 38.7. The van der Waals surface area contributed by atoms with Crippen LogP contribution < -0.4 is 19.3 Å². The Hall–Kier alpha value is -5.76. The van der Waals surface area contributed by atoms with E-state index in [4.69, 9.17) is 18.9 Å². The minimum absolute atomic E-state index is 0.0379. The first kappa shape index (κ1) is 46.2. The predicted octanol–water partition coefficient (Wildman–Crippen LogP) is 5.93. The molecule has 0 unspecified atom stereocenters. The maximum Gasteiger partial charge on any atom is 0.410 e. The highest BCUT2D eigenvalue weighted by molar-refractivity contribution is 7.91. The molecule has 2 saturated heterocycles. The third kappa shape index (κ3) is 11.5. The van der Waals surface area contributed by atoms with Crippen molar-refractivity contribution in [3.05, 3.63) is 72.1 Å². The Bertz CT molecular complexity index is 2370. The Balaban J connectivity index is 0.000000191. The van der Waals surface area contributed by atoms with E-state index in [1.807, 2.05) is 55.7 Å². The van der Waals surface area contributed by atoms with Gasteiger partial charge in [0.2, 0.25) is 11.8 Å². The highest BCUT2D eigenvalue weighted by atomic mass is 32.2. The molecule has 4 aliphatic rings. The highest BCUT2D eigenvalue weighted by Gasteiger charge is 2.30. The summed E-state index contributed by atoms with van der Waals surface area (Å²) < 4.78 is 70.0. The van der Waals surface area contributed by atoms with E-state index in [-0.39, 0.29) is 36.6 Å². The van der Waals surface area contributed by atoms with Gasteiger partial charge >= 0.3 is 18.2 Å². The number of likely N-dealkylation sites (tertiary alicyclic amines) is 2. The largest absolute Gasteiger partial charge is 0.474 e. The fraction of sp³-hybridized carbons (Fsp3) is 0.500. The summed E-state index contributed by atoms with van der Waals surface area (Å²) in [6, 6.07) is 14.2. The molecule has 18 nitrogen and oxygen atoms in total. The van der Waals surface area contributed by atoms with Crippen LogP contribution in [0.25, 0.3) is 0 Å². The van der Waals surface area contributed by atoms with Gasteiger partial charge in [-0.15, -0.1) is 0 Å². The second kappa shape index (κ2) is 19.5. The van der Waals surface area contributed by atoms with Crippen molar-refractivity contribution in [3.8, 4) is 11.9 Å². The number of benzene rings is 2. The molecule has 4 aromatic rings. The van der Waals surface area contributed by atoms with Crippen LogP contribution in [0.2, 0.25) is 0 Å². The maximum atomic E-state index is 12.0. The summed E-state index contributed by atoms with van der Waals surface area (Å²) in [7, 11) is -6.49. The zero-order valence-electron chi connectivity index (χ0n) is 37.0. The lowest BCUT2D eigenvalue weighted by molar-refractivity contribution is 0.0490. The minimum Gasteiger partial charge on any atom is -0.474 e. The number of rotatable bonds is 10. The lowest BCUT2D eigenvalue weighted by Crippen LogP contribution is -2.42. The van der Waals surface area contributed by atoms with Crippen molar-refractivity contribution in [1.82, 2.24) is 29.7 Å². The molecule has 0 saturated carbocycles. The summed E-state index contributed by atoms with van der Waals surface area (Å²) in [5.74, 6) is 1.71. The van der Waals surface area contributed by atoms with Crippen LogP contribution in [-0.4, -0.2) is 135 Å². The number of amides is 2. The number of hydrogen-bond acceptors (Lipinski definition) is 16. The van der Waals surface area contributed by atoms with Gasteiger partial charge in [0.1, 0.15) is 18.0 Å². The quantitative estimate of drug-likeness (QED) is 0.181. The standard InChI is InChI=1S/2C22H28N4O5S/c1-15(2)30-22(27)25-11-8-17(9-12-25)31-20-6-10-23-21(24-20)26-13-7-16-14-18(32(3,28)29)4-5-19(16)26;1-15(2)30-22(27)25-11-8-17(9-12-25)31-21-23-10-6-20(24-21)26-13-7-16-14-18(32(3,28)29)4-5-19(16)26/h2*4-6,10,14-15,17H,7-9,11-13H2,1-3H3. The van der Waals surface area contributed by atoms with Crippen molar-refractivity contribution < 1.29 is 45.4 Å². The van der Waals surface area contributed by atoms with Crippen LogP contribution >= 0.6 is 0 Å². The molecule has 64 heavy (non-hydrogen) atoms. The van der Waals surface area contributed by atoms with E-state index in [2.05, 4.69) is 19.9 Å².